The Bertz CT molecular complexity index is 1220. The van der Waals surface area contributed by atoms with Gasteiger partial charge in [0, 0.05) is 43.2 Å². The van der Waals surface area contributed by atoms with Crippen molar-refractivity contribution >= 4 is 16.9 Å². The first-order valence-corrected chi connectivity index (χ1v) is 10.8. The Kier molecular flexibility index (Phi) is 5.64. The zero-order chi connectivity index (χ0) is 21.9. The van der Waals surface area contributed by atoms with Gasteiger partial charge in [0.05, 0.1) is 19.9 Å². The summed E-state index contributed by atoms with van der Waals surface area (Å²) in [6.07, 6.45) is 2.40. The number of ether oxygens (including phenoxy) is 1. The number of nitrogens with zero attached hydrogens (tertiary/aromatic N) is 3. The first-order chi connectivity index (χ1) is 15.7. The molecule has 0 unspecified atom stereocenters. The number of furan rings is 1. The molecule has 0 bridgehead atoms. The van der Waals surface area contributed by atoms with Crippen molar-refractivity contribution in [1.29, 1.82) is 0 Å². The van der Waals surface area contributed by atoms with Crippen LogP contribution in [0.3, 0.4) is 0 Å². The monoisotopic (exact) mass is 431 g/mol. The molecule has 1 saturated heterocycles. The Hall–Kier alpha value is -3.58. The first-order valence-electron chi connectivity index (χ1n) is 10.8. The SMILES string of the molecule is COc1ccccc1-c1ccc2oc(CN3CCCN(C(=O)c4ccno4)CC3)cc2c1. The van der Waals surface area contributed by atoms with Gasteiger partial charge in [-0.25, -0.2) is 0 Å². The fourth-order valence-corrected chi connectivity index (χ4v) is 4.26. The molecule has 0 saturated carbocycles. The maximum Gasteiger partial charge on any atom is 0.292 e. The Balaban J connectivity index is 1.29. The third kappa shape index (κ3) is 4.11. The number of hydrogen-bond donors (Lipinski definition) is 0. The van der Waals surface area contributed by atoms with Crippen molar-refractivity contribution in [3.05, 3.63) is 72.3 Å². The number of hydrogen-bond acceptors (Lipinski definition) is 6. The number of amides is 1. The molecular weight excluding hydrogens is 406 g/mol. The largest absolute Gasteiger partial charge is 0.496 e. The quantitative estimate of drug-likeness (QED) is 0.465. The second-order valence-electron chi connectivity index (χ2n) is 7.96. The van der Waals surface area contributed by atoms with Crippen LogP contribution in [0.2, 0.25) is 0 Å². The molecule has 1 aliphatic heterocycles. The van der Waals surface area contributed by atoms with E-state index in [1.165, 1.54) is 6.20 Å². The highest BCUT2D eigenvalue weighted by Crippen LogP contribution is 2.32. The van der Waals surface area contributed by atoms with Gasteiger partial charge in [-0.3, -0.25) is 9.69 Å². The molecule has 1 amide bonds. The van der Waals surface area contributed by atoms with Crippen LogP contribution in [0.4, 0.5) is 0 Å². The Labute approximate surface area is 186 Å². The molecule has 32 heavy (non-hydrogen) atoms. The molecule has 1 fully saturated rings. The molecule has 0 radical (unpaired) electrons. The van der Waals surface area contributed by atoms with Gasteiger partial charge in [0.2, 0.25) is 5.76 Å². The normalized spacial score (nSPS) is 15.1. The molecule has 4 aromatic rings. The van der Waals surface area contributed by atoms with E-state index < -0.39 is 0 Å². The van der Waals surface area contributed by atoms with Gasteiger partial charge in [0.15, 0.2) is 0 Å². The molecule has 3 heterocycles. The van der Waals surface area contributed by atoms with E-state index in [4.69, 9.17) is 13.7 Å². The Morgan fingerprint density at radius 2 is 1.97 bits per heavy atom. The molecule has 0 aliphatic carbocycles. The lowest BCUT2D eigenvalue weighted by Crippen LogP contribution is -2.34. The van der Waals surface area contributed by atoms with Crippen LogP contribution >= 0.6 is 0 Å². The van der Waals surface area contributed by atoms with Crippen LogP contribution in [0.15, 0.2) is 69.7 Å². The van der Waals surface area contributed by atoms with Crippen molar-refractivity contribution in [1.82, 2.24) is 15.0 Å². The summed E-state index contributed by atoms with van der Waals surface area (Å²) >= 11 is 0. The van der Waals surface area contributed by atoms with Crippen LogP contribution < -0.4 is 4.74 Å². The Morgan fingerprint density at radius 3 is 2.81 bits per heavy atom. The number of para-hydroxylation sites is 1. The van der Waals surface area contributed by atoms with Crippen LogP contribution in [-0.2, 0) is 6.54 Å². The van der Waals surface area contributed by atoms with Crippen molar-refractivity contribution in [2.24, 2.45) is 0 Å². The van der Waals surface area contributed by atoms with E-state index in [9.17, 15) is 4.79 Å². The summed E-state index contributed by atoms with van der Waals surface area (Å²) in [6.45, 7) is 3.76. The van der Waals surface area contributed by atoms with E-state index >= 15 is 0 Å². The summed E-state index contributed by atoms with van der Waals surface area (Å²) in [7, 11) is 1.69. The zero-order valence-corrected chi connectivity index (χ0v) is 18.0. The number of carbonyl (C=O) groups excluding carboxylic acids is 1. The third-order valence-electron chi connectivity index (χ3n) is 5.89. The predicted octanol–water partition coefficient (Wildman–Crippen LogP) is 4.44. The molecule has 2 aromatic heterocycles. The molecular formula is C25H25N3O4. The third-order valence-corrected chi connectivity index (χ3v) is 5.89. The lowest BCUT2D eigenvalue weighted by Gasteiger charge is -2.20. The summed E-state index contributed by atoms with van der Waals surface area (Å²) < 4.78 is 16.7. The standard InChI is InChI=1S/C25H25N3O4/c1-30-23-6-3-2-5-21(23)18-7-8-22-19(15-18)16-20(31-22)17-27-11-4-12-28(14-13-27)25(29)24-9-10-26-32-24/h2-3,5-10,15-16H,4,11-14,17H2,1H3. The van der Waals surface area contributed by atoms with Gasteiger partial charge >= 0.3 is 0 Å². The van der Waals surface area contributed by atoms with Crippen molar-refractivity contribution in [3.8, 4) is 16.9 Å². The topological polar surface area (TPSA) is 72.0 Å². The average Bonchev–Trinajstić information content (AvgIpc) is 3.44. The van der Waals surface area contributed by atoms with Crippen molar-refractivity contribution in [3.63, 3.8) is 0 Å². The molecule has 1 aliphatic rings. The minimum atomic E-state index is -0.100. The number of aromatic nitrogens is 1. The molecule has 0 atom stereocenters. The summed E-state index contributed by atoms with van der Waals surface area (Å²) in [5.74, 6) is 1.97. The molecule has 164 valence electrons. The van der Waals surface area contributed by atoms with Crippen LogP contribution in [0, 0.1) is 0 Å². The van der Waals surface area contributed by atoms with Crippen molar-refractivity contribution < 1.29 is 18.5 Å². The highest BCUT2D eigenvalue weighted by atomic mass is 16.5. The number of fused-ring (bicyclic) bond motifs is 1. The highest BCUT2D eigenvalue weighted by molar-refractivity contribution is 5.91. The van der Waals surface area contributed by atoms with Crippen molar-refractivity contribution in [2.45, 2.75) is 13.0 Å². The smallest absolute Gasteiger partial charge is 0.292 e. The lowest BCUT2D eigenvalue weighted by atomic mass is 10.0. The van der Waals surface area contributed by atoms with Gasteiger partial charge < -0.3 is 18.6 Å². The van der Waals surface area contributed by atoms with E-state index in [0.717, 1.165) is 53.1 Å². The molecule has 0 spiro atoms. The second kappa shape index (κ2) is 8.88. The van der Waals surface area contributed by atoms with E-state index in [1.54, 1.807) is 13.2 Å². The van der Waals surface area contributed by atoms with E-state index in [-0.39, 0.29) is 5.91 Å². The lowest BCUT2D eigenvalue weighted by molar-refractivity contribution is 0.0719. The van der Waals surface area contributed by atoms with Crippen LogP contribution in [0.5, 0.6) is 5.75 Å². The van der Waals surface area contributed by atoms with E-state index in [1.807, 2.05) is 29.2 Å². The fraction of sp³-hybridized carbons (Fsp3) is 0.280. The van der Waals surface area contributed by atoms with Gasteiger partial charge in [-0.05, 0) is 36.2 Å². The van der Waals surface area contributed by atoms with Gasteiger partial charge in [0.1, 0.15) is 17.1 Å². The summed E-state index contributed by atoms with van der Waals surface area (Å²) in [5.41, 5.74) is 3.03. The Morgan fingerprint density at radius 1 is 1.06 bits per heavy atom. The highest BCUT2D eigenvalue weighted by Gasteiger charge is 2.23. The first kappa shape index (κ1) is 20.3. The molecule has 7 nitrogen and oxygen atoms in total. The van der Waals surface area contributed by atoms with Gasteiger partial charge in [-0.15, -0.1) is 0 Å². The average molecular weight is 431 g/mol. The van der Waals surface area contributed by atoms with Gasteiger partial charge in [0.25, 0.3) is 5.91 Å². The number of methoxy groups -OCH3 is 1. The number of rotatable bonds is 5. The van der Waals surface area contributed by atoms with E-state index in [0.29, 0.717) is 25.4 Å². The van der Waals surface area contributed by atoms with Crippen LogP contribution in [0.25, 0.3) is 22.1 Å². The molecule has 2 aromatic carbocycles. The predicted molar refractivity (Wildman–Crippen MR) is 121 cm³/mol. The fourth-order valence-electron chi connectivity index (χ4n) is 4.26. The van der Waals surface area contributed by atoms with Gasteiger partial charge in [-0.2, -0.15) is 0 Å². The second-order valence-corrected chi connectivity index (χ2v) is 7.96. The van der Waals surface area contributed by atoms with Gasteiger partial charge in [-0.1, -0.05) is 29.4 Å². The zero-order valence-electron chi connectivity index (χ0n) is 18.0. The van der Waals surface area contributed by atoms with Crippen molar-refractivity contribution in [2.75, 3.05) is 33.3 Å². The minimum absolute atomic E-state index is 0.100. The maximum atomic E-state index is 12.5. The minimum Gasteiger partial charge on any atom is -0.496 e. The molecule has 0 N–H and O–H groups in total. The molecule has 5 rings (SSSR count). The summed E-state index contributed by atoms with van der Waals surface area (Å²) in [6, 6.07) is 17.9. The van der Waals surface area contributed by atoms with Crippen LogP contribution in [-0.4, -0.2) is 54.2 Å². The maximum absolute atomic E-state index is 12.5. The van der Waals surface area contributed by atoms with Crippen LogP contribution in [0.1, 0.15) is 22.7 Å². The summed E-state index contributed by atoms with van der Waals surface area (Å²) in [5, 5.41) is 4.71. The number of carbonyl (C=O) groups is 1. The number of benzene rings is 2. The molecule has 7 heteroatoms. The summed E-state index contributed by atoms with van der Waals surface area (Å²) in [4.78, 5) is 16.7. The van der Waals surface area contributed by atoms with E-state index in [2.05, 4.69) is 34.3 Å².